The van der Waals surface area contributed by atoms with E-state index in [-0.39, 0.29) is 5.75 Å². The molecule has 20 heavy (non-hydrogen) atoms. The van der Waals surface area contributed by atoms with Gasteiger partial charge in [0.25, 0.3) is 0 Å². The number of hydrogen-bond donors (Lipinski definition) is 1. The number of quaternary nitrogens is 1. The van der Waals surface area contributed by atoms with Gasteiger partial charge in [-0.2, -0.15) is 0 Å². The van der Waals surface area contributed by atoms with Gasteiger partial charge in [-0.25, -0.2) is 4.98 Å². The molecule has 2 heterocycles. The van der Waals surface area contributed by atoms with Gasteiger partial charge in [0.2, 0.25) is 0 Å². The first-order valence-electron chi connectivity index (χ1n) is 6.87. The van der Waals surface area contributed by atoms with Crippen molar-refractivity contribution in [3.05, 3.63) is 22.5 Å². The highest BCUT2D eigenvalue weighted by Crippen LogP contribution is 2.33. The number of aromatic hydroxyl groups is 1. The van der Waals surface area contributed by atoms with Gasteiger partial charge in [0, 0.05) is 11.1 Å². The third kappa shape index (κ3) is 3.29. The number of nitrogens with zero attached hydrogens (tertiary/aromatic N) is 2. The summed E-state index contributed by atoms with van der Waals surface area (Å²) in [5.41, 5.74) is 3.40. The summed E-state index contributed by atoms with van der Waals surface area (Å²) >= 11 is 0. The van der Waals surface area contributed by atoms with E-state index in [0.717, 1.165) is 27.8 Å². The van der Waals surface area contributed by atoms with Gasteiger partial charge >= 0.3 is 0 Å². The minimum Gasteiger partial charge on any atom is -0.506 e. The second-order valence-electron chi connectivity index (χ2n) is 6.88. The molecule has 0 bridgehead atoms. The summed E-state index contributed by atoms with van der Waals surface area (Å²) in [7, 11) is 6.36. The van der Waals surface area contributed by atoms with Gasteiger partial charge in [0.15, 0.2) is 5.79 Å². The summed E-state index contributed by atoms with van der Waals surface area (Å²) < 4.78 is 12.3. The second-order valence-corrected chi connectivity index (χ2v) is 6.88. The Balaban J connectivity index is 2.49. The lowest BCUT2D eigenvalue weighted by molar-refractivity contribution is -0.884. The monoisotopic (exact) mass is 281 g/mol. The molecule has 5 nitrogen and oxygen atoms in total. The molecule has 1 aromatic heterocycles. The molecule has 5 heteroatoms. The third-order valence-electron chi connectivity index (χ3n) is 3.40. The minimum absolute atomic E-state index is 0.228. The van der Waals surface area contributed by atoms with E-state index in [1.54, 1.807) is 0 Å². The molecule has 0 unspecified atom stereocenters. The van der Waals surface area contributed by atoms with Crippen LogP contribution >= 0.6 is 0 Å². The molecule has 0 aromatic carbocycles. The SMILES string of the molecule is Cc1nc(C[N+](C)(C)C)c2c(c1O)COC(C)(C)OC2. The molecule has 0 saturated carbocycles. The zero-order valence-electron chi connectivity index (χ0n) is 13.3. The molecule has 0 saturated heterocycles. The molecule has 0 aliphatic carbocycles. The lowest BCUT2D eigenvalue weighted by Crippen LogP contribution is -2.34. The van der Waals surface area contributed by atoms with Crippen molar-refractivity contribution in [2.75, 3.05) is 21.1 Å². The highest BCUT2D eigenvalue weighted by molar-refractivity contribution is 5.44. The van der Waals surface area contributed by atoms with E-state index in [1.165, 1.54) is 0 Å². The first-order valence-corrected chi connectivity index (χ1v) is 6.87. The lowest BCUT2D eigenvalue weighted by Gasteiger charge is -2.25. The Bertz CT molecular complexity index is 519. The summed E-state index contributed by atoms with van der Waals surface area (Å²) in [5.74, 6) is -0.417. The van der Waals surface area contributed by atoms with Gasteiger partial charge in [0.05, 0.1) is 40.1 Å². The van der Waals surface area contributed by atoms with E-state index < -0.39 is 5.79 Å². The fourth-order valence-electron chi connectivity index (χ4n) is 2.30. The maximum Gasteiger partial charge on any atom is 0.163 e. The van der Waals surface area contributed by atoms with Gasteiger partial charge in [-0.05, 0) is 20.8 Å². The summed E-state index contributed by atoms with van der Waals surface area (Å²) in [5, 5.41) is 10.3. The van der Waals surface area contributed by atoms with Crippen LogP contribution < -0.4 is 0 Å². The van der Waals surface area contributed by atoms with E-state index >= 15 is 0 Å². The Morgan fingerprint density at radius 1 is 1.15 bits per heavy atom. The van der Waals surface area contributed by atoms with Crippen LogP contribution in [0.5, 0.6) is 5.75 Å². The second kappa shape index (κ2) is 4.98. The van der Waals surface area contributed by atoms with Crippen LogP contribution in [0.2, 0.25) is 0 Å². The van der Waals surface area contributed by atoms with Crippen LogP contribution in [0.1, 0.15) is 36.4 Å². The van der Waals surface area contributed by atoms with E-state index in [0.29, 0.717) is 18.9 Å². The van der Waals surface area contributed by atoms with Crippen LogP contribution in [0.4, 0.5) is 0 Å². The zero-order chi connectivity index (χ0) is 15.1. The van der Waals surface area contributed by atoms with Crippen molar-refractivity contribution < 1.29 is 19.1 Å². The van der Waals surface area contributed by atoms with Crippen LogP contribution in [-0.4, -0.2) is 41.5 Å². The van der Waals surface area contributed by atoms with Crippen molar-refractivity contribution >= 4 is 0 Å². The Hall–Kier alpha value is -1.17. The molecule has 0 atom stereocenters. The molecular formula is C15H25N2O3+. The van der Waals surface area contributed by atoms with Crippen molar-refractivity contribution in [2.45, 2.75) is 46.3 Å². The minimum atomic E-state index is -0.646. The van der Waals surface area contributed by atoms with E-state index in [1.807, 2.05) is 20.8 Å². The fraction of sp³-hybridized carbons (Fsp3) is 0.667. The zero-order valence-corrected chi connectivity index (χ0v) is 13.3. The molecule has 1 N–H and O–H groups in total. The number of pyridine rings is 1. The van der Waals surface area contributed by atoms with Crippen LogP contribution in [0.3, 0.4) is 0 Å². The average Bonchev–Trinajstić information content (AvgIpc) is 2.43. The van der Waals surface area contributed by atoms with Gasteiger partial charge in [-0.1, -0.05) is 0 Å². The average molecular weight is 281 g/mol. The number of aryl methyl sites for hydroxylation is 1. The quantitative estimate of drug-likeness (QED) is 0.843. The Labute approximate surface area is 120 Å². The van der Waals surface area contributed by atoms with Crippen LogP contribution in [0.15, 0.2) is 0 Å². The normalized spacial score (nSPS) is 18.5. The fourth-order valence-corrected chi connectivity index (χ4v) is 2.30. The molecule has 0 spiro atoms. The standard InChI is InChI=1S/C15H24N2O3/c1-10-14(18)12-9-20-15(2,3)19-8-11(12)13(16-10)7-17(4,5)6/h7-9H2,1-6H3/p+1. The molecule has 1 aliphatic heterocycles. The van der Waals surface area contributed by atoms with E-state index in [4.69, 9.17) is 9.47 Å². The van der Waals surface area contributed by atoms with Crippen molar-refractivity contribution in [3.63, 3.8) is 0 Å². The van der Waals surface area contributed by atoms with E-state index in [2.05, 4.69) is 26.1 Å². The summed E-state index contributed by atoms with van der Waals surface area (Å²) in [4.78, 5) is 4.56. The highest BCUT2D eigenvalue weighted by atomic mass is 16.7. The smallest absolute Gasteiger partial charge is 0.163 e. The first-order chi connectivity index (χ1) is 9.09. The molecule has 112 valence electrons. The first kappa shape index (κ1) is 15.2. The molecular weight excluding hydrogens is 256 g/mol. The Morgan fingerprint density at radius 2 is 1.70 bits per heavy atom. The molecule has 0 fully saturated rings. The number of rotatable bonds is 2. The highest BCUT2D eigenvalue weighted by Gasteiger charge is 2.29. The van der Waals surface area contributed by atoms with Crippen molar-refractivity contribution in [3.8, 4) is 5.75 Å². The van der Waals surface area contributed by atoms with Crippen molar-refractivity contribution in [1.82, 2.24) is 4.98 Å². The molecule has 0 amide bonds. The van der Waals surface area contributed by atoms with Gasteiger partial charge in [0.1, 0.15) is 18.0 Å². The van der Waals surface area contributed by atoms with Crippen molar-refractivity contribution in [1.29, 1.82) is 0 Å². The van der Waals surface area contributed by atoms with Gasteiger partial charge < -0.3 is 19.1 Å². The van der Waals surface area contributed by atoms with Crippen LogP contribution in [-0.2, 0) is 29.2 Å². The van der Waals surface area contributed by atoms with Crippen LogP contribution in [0.25, 0.3) is 0 Å². The van der Waals surface area contributed by atoms with E-state index in [9.17, 15) is 5.11 Å². The number of hydrogen-bond acceptors (Lipinski definition) is 4. The predicted molar refractivity (Wildman–Crippen MR) is 76.0 cm³/mol. The van der Waals surface area contributed by atoms with Crippen LogP contribution in [0, 0.1) is 6.92 Å². The molecule has 1 aliphatic rings. The maximum atomic E-state index is 10.3. The summed E-state index contributed by atoms with van der Waals surface area (Å²) in [6.45, 7) is 7.14. The summed E-state index contributed by atoms with van der Waals surface area (Å²) in [6, 6.07) is 0. The maximum absolute atomic E-state index is 10.3. The topological polar surface area (TPSA) is 51.6 Å². The number of ether oxygens (including phenoxy) is 2. The predicted octanol–water partition coefficient (Wildman–Crippen LogP) is 2.08. The largest absolute Gasteiger partial charge is 0.506 e. The number of fused-ring (bicyclic) bond motifs is 1. The Kier molecular flexibility index (Phi) is 3.79. The number of aromatic nitrogens is 1. The summed E-state index contributed by atoms with van der Waals surface area (Å²) in [6.07, 6.45) is 0. The molecule has 1 aromatic rings. The molecule has 2 rings (SSSR count). The van der Waals surface area contributed by atoms with Gasteiger partial charge in [-0.15, -0.1) is 0 Å². The third-order valence-corrected chi connectivity index (χ3v) is 3.40. The Morgan fingerprint density at radius 3 is 2.25 bits per heavy atom. The van der Waals surface area contributed by atoms with Crippen molar-refractivity contribution in [2.24, 2.45) is 0 Å². The lowest BCUT2D eigenvalue weighted by atomic mass is 10.0. The molecule has 0 radical (unpaired) electrons. The van der Waals surface area contributed by atoms with Gasteiger partial charge in [-0.3, -0.25) is 0 Å².